The number of benzene rings is 1. The number of carbonyl (C=O) groups excluding carboxylic acids is 2. The number of primary amides is 1. The van der Waals surface area contributed by atoms with Crippen molar-refractivity contribution in [3.8, 4) is 11.6 Å². The van der Waals surface area contributed by atoms with Crippen molar-refractivity contribution in [2.45, 2.75) is 0 Å². The van der Waals surface area contributed by atoms with Crippen LogP contribution in [0.5, 0.6) is 11.6 Å². The monoisotopic (exact) mass is 364 g/mol. The summed E-state index contributed by atoms with van der Waals surface area (Å²) in [7, 11) is 1.32. The van der Waals surface area contributed by atoms with Crippen LogP contribution in [0, 0.1) is 10.5 Å². The molecule has 0 aliphatic heterocycles. The summed E-state index contributed by atoms with van der Waals surface area (Å²) < 4.78 is 24.1. The van der Waals surface area contributed by atoms with E-state index in [-0.39, 0.29) is 27.4 Å². The fourth-order valence-electron chi connectivity index (χ4n) is 1.87. The Balaban J connectivity index is 2.47. The first-order valence-electron chi connectivity index (χ1n) is 6.78. The molecule has 25 heavy (non-hydrogen) atoms. The lowest BCUT2D eigenvalue weighted by atomic mass is 10.1. The standard InChI is InChI=1S/C15H13FN4O4S/c1-23-6-9(12(21)20-15(17)22)8-4-2-3-5-10(8)24-13-11(16)14(25)19-7-18-13/h2-7H,1H3,(H,18,19,25)(H3,17,20,21,22)/b9-6+. The molecule has 0 bridgehead atoms. The van der Waals surface area contributed by atoms with E-state index in [1.165, 1.54) is 25.6 Å². The molecule has 0 spiro atoms. The van der Waals surface area contributed by atoms with Gasteiger partial charge in [0.15, 0.2) is 4.64 Å². The first kappa shape index (κ1) is 18.1. The zero-order valence-electron chi connectivity index (χ0n) is 12.9. The fraction of sp³-hybridized carbons (Fsp3) is 0.0667. The number of aromatic nitrogens is 2. The second-order valence-electron chi connectivity index (χ2n) is 4.53. The SMILES string of the molecule is CO/C=C(/C(=O)NC(N)=O)c1ccccc1Oc1[nH]cnc(=S)c1F. The molecule has 10 heteroatoms. The van der Waals surface area contributed by atoms with Crippen LogP contribution in [0.2, 0.25) is 0 Å². The third-order valence-corrected chi connectivity index (χ3v) is 3.16. The van der Waals surface area contributed by atoms with Crippen molar-refractivity contribution in [1.29, 1.82) is 0 Å². The van der Waals surface area contributed by atoms with Crippen molar-refractivity contribution >= 4 is 29.7 Å². The van der Waals surface area contributed by atoms with E-state index in [1.807, 2.05) is 5.32 Å². The number of para-hydroxylation sites is 1. The Morgan fingerprint density at radius 1 is 1.40 bits per heavy atom. The van der Waals surface area contributed by atoms with Gasteiger partial charge in [0.2, 0.25) is 11.7 Å². The normalized spacial score (nSPS) is 10.9. The molecular weight excluding hydrogens is 351 g/mol. The molecule has 130 valence electrons. The highest BCUT2D eigenvalue weighted by Crippen LogP contribution is 2.30. The van der Waals surface area contributed by atoms with Gasteiger partial charge in [0.1, 0.15) is 5.75 Å². The zero-order chi connectivity index (χ0) is 18.4. The van der Waals surface area contributed by atoms with Crippen molar-refractivity contribution in [3.63, 3.8) is 0 Å². The van der Waals surface area contributed by atoms with E-state index in [1.54, 1.807) is 12.1 Å². The van der Waals surface area contributed by atoms with E-state index in [2.05, 4.69) is 9.97 Å². The van der Waals surface area contributed by atoms with E-state index in [9.17, 15) is 14.0 Å². The summed E-state index contributed by atoms with van der Waals surface area (Å²) in [5.41, 5.74) is 5.14. The van der Waals surface area contributed by atoms with Gasteiger partial charge in [-0.15, -0.1) is 0 Å². The third kappa shape index (κ3) is 4.38. The number of urea groups is 1. The molecule has 0 saturated carbocycles. The zero-order valence-corrected chi connectivity index (χ0v) is 13.7. The number of imide groups is 1. The number of ether oxygens (including phenoxy) is 2. The molecule has 0 saturated heterocycles. The van der Waals surface area contributed by atoms with Crippen LogP contribution >= 0.6 is 12.2 Å². The Bertz CT molecular complexity index is 897. The highest BCUT2D eigenvalue weighted by atomic mass is 32.1. The maximum atomic E-state index is 14.0. The lowest BCUT2D eigenvalue weighted by Gasteiger charge is -2.13. The number of methoxy groups -OCH3 is 1. The van der Waals surface area contributed by atoms with Gasteiger partial charge in [-0.3, -0.25) is 10.1 Å². The minimum Gasteiger partial charge on any atom is -0.504 e. The van der Waals surface area contributed by atoms with Gasteiger partial charge in [0.25, 0.3) is 5.91 Å². The molecule has 0 unspecified atom stereocenters. The maximum Gasteiger partial charge on any atom is 0.319 e. The predicted molar refractivity (Wildman–Crippen MR) is 88.6 cm³/mol. The lowest BCUT2D eigenvalue weighted by Crippen LogP contribution is -2.35. The summed E-state index contributed by atoms with van der Waals surface area (Å²) in [6, 6.07) is 5.22. The number of H-pyrrole nitrogens is 1. The second-order valence-corrected chi connectivity index (χ2v) is 4.92. The van der Waals surface area contributed by atoms with Crippen molar-refractivity contribution in [3.05, 3.63) is 52.9 Å². The topological polar surface area (TPSA) is 119 Å². The van der Waals surface area contributed by atoms with Crippen LogP contribution in [-0.4, -0.2) is 29.0 Å². The van der Waals surface area contributed by atoms with Gasteiger partial charge < -0.3 is 20.2 Å². The van der Waals surface area contributed by atoms with Crippen LogP contribution in [0.1, 0.15) is 5.56 Å². The maximum absolute atomic E-state index is 14.0. The third-order valence-electron chi connectivity index (χ3n) is 2.87. The van der Waals surface area contributed by atoms with E-state index in [0.29, 0.717) is 0 Å². The van der Waals surface area contributed by atoms with Crippen LogP contribution < -0.4 is 15.8 Å². The predicted octanol–water partition coefficient (Wildman–Crippen LogP) is 2.25. The number of nitrogens with one attached hydrogen (secondary N) is 2. The van der Waals surface area contributed by atoms with Crippen LogP contribution in [0.4, 0.5) is 9.18 Å². The first-order chi connectivity index (χ1) is 11.9. The van der Waals surface area contributed by atoms with E-state index in [4.69, 9.17) is 27.4 Å². The van der Waals surface area contributed by atoms with Gasteiger partial charge in [0.05, 0.1) is 25.3 Å². The molecular formula is C15H13FN4O4S. The molecule has 0 fully saturated rings. The minimum absolute atomic E-state index is 0.0510. The number of nitrogens with zero attached hydrogens (tertiary/aromatic N) is 1. The Labute approximate surface area is 146 Å². The summed E-state index contributed by atoms with van der Waals surface area (Å²) in [6.07, 6.45) is 2.28. The molecule has 0 radical (unpaired) electrons. The average molecular weight is 364 g/mol. The summed E-state index contributed by atoms with van der Waals surface area (Å²) in [6.45, 7) is 0. The Kier molecular flexibility index (Phi) is 5.79. The Morgan fingerprint density at radius 3 is 2.80 bits per heavy atom. The van der Waals surface area contributed by atoms with Gasteiger partial charge in [-0.05, 0) is 6.07 Å². The summed E-state index contributed by atoms with van der Waals surface area (Å²) in [5.74, 6) is -1.83. The van der Waals surface area contributed by atoms with Crippen molar-refractivity contribution in [2.24, 2.45) is 5.73 Å². The highest BCUT2D eigenvalue weighted by molar-refractivity contribution is 7.71. The number of hydrogen-bond donors (Lipinski definition) is 3. The number of hydrogen-bond acceptors (Lipinski definition) is 6. The summed E-state index contributed by atoms with van der Waals surface area (Å²) in [4.78, 5) is 29.1. The second kappa shape index (κ2) is 8.02. The molecule has 1 heterocycles. The smallest absolute Gasteiger partial charge is 0.319 e. The van der Waals surface area contributed by atoms with Gasteiger partial charge in [-0.2, -0.15) is 4.39 Å². The van der Waals surface area contributed by atoms with Gasteiger partial charge >= 0.3 is 6.03 Å². The van der Waals surface area contributed by atoms with Crippen LogP contribution in [0.25, 0.3) is 5.57 Å². The number of halogens is 1. The number of aromatic amines is 1. The van der Waals surface area contributed by atoms with E-state index < -0.39 is 17.8 Å². The van der Waals surface area contributed by atoms with Gasteiger partial charge in [-0.25, -0.2) is 9.78 Å². The fourth-order valence-corrected chi connectivity index (χ4v) is 2.01. The van der Waals surface area contributed by atoms with Crippen LogP contribution in [0.15, 0.2) is 36.9 Å². The Hall–Kier alpha value is -3.27. The average Bonchev–Trinajstić information content (AvgIpc) is 2.57. The largest absolute Gasteiger partial charge is 0.504 e. The van der Waals surface area contributed by atoms with Crippen molar-refractivity contribution < 1.29 is 23.5 Å². The molecule has 4 N–H and O–H groups in total. The Morgan fingerprint density at radius 2 is 2.12 bits per heavy atom. The number of amides is 3. The van der Waals surface area contributed by atoms with E-state index >= 15 is 0 Å². The first-order valence-corrected chi connectivity index (χ1v) is 7.19. The molecule has 0 aliphatic rings. The number of carbonyl (C=O) groups is 2. The molecule has 2 rings (SSSR count). The van der Waals surface area contributed by atoms with Gasteiger partial charge in [0, 0.05) is 5.56 Å². The highest BCUT2D eigenvalue weighted by Gasteiger charge is 2.19. The molecule has 8 nitrogen and oxygen atoms in total. The quantitative estimate of drug-likeness (QED) is 0.425. The molecule has 3 amide bonds. The van der Waals surface area contributed by atoms with Gasteiger partial charge in [-0.1, -0.05) is 30.4 Å². The molecule has 1 aromatic heterocycles. The summed E-state index contributed by atoms with van der Waals surface area (Å²) in [5, 5.41) is 1.93. The summed E-state index contributed by atoms with van der Waals surface area (Å²) >= 11 is 4.74. The van der Waals surface area contributed by atoms with Crippen molar-refractivity contribution in [1.82, 2.24) is 15.3 Å². The minimum atomic E-state index is -1.03. The number of rotatable bonds is 5. The molecule has 0 atom stereocenters. The van der Waals surface area contributed by atoms with Crippen LogP contribution in [0.3, 0.4) is 0 Å². The molecule has 1 aromatic carbocycles. The lowest BCUT2D eigenvalue weighted by molar-refractivity contribution is -0.114. The number of nitrogens with two attached hydrogens (primary N) is 1. The van der Waals surface area contributed by atoms with Crippen molar-refractivity contribution in [2.75, 3.05) is 7.11 Å². The molecule has 0 aliphatic carbocycles. The molecule has 2 aromatic rings. The van der Waals surface area contributed by atoms with E-state index in [0.717, 1.165) is 6.26 Å². The van der Waals surface area contributed by atoms with Crippen LogP contribution in [-0.2, 0) is 9.53 Å².